The number of rotatable bonds is 18. The van der Waals surface area contributed by atoms with E-state index in [1.165, 1.54) is 109 Å². The summed E-state index contributed by atoms with van der Waals surface area (Å²) in [4.78, 5) is 0. The van der Waals surface area contributed by atoms with Crippen LogP contribution in [0.4, 0.5) is 0 Å². The largest absolute Gasteiger partial charge is 0.330 e. The molecule has 0 aromatic heterocycles. The van der Waals surface area contributed by atoms with Crippen molar-refractivity contribution in [3.63, 3.8) is 0 Å². The van der Waals surface area contributed by atoms with Crippen molar-refractivity contribution < 1.29 is 0 Å². The Morgan fingerprint density at radius 2 is 0.909 bits per heavy atom. The zero-order valence-electron chi connectivity index (χ0n) is 15.5. The Morgan fingerprint density at radius 3 is 1.32 bits per heavy atom. The quantitative estimate of drug-likeness (QED) is 0.308. The van der Waals surface area contributed by atoms with Gasteiger partial charge in [0.15, 0.2) is 0 Å². The molecule has 22 heavy (non-hydrogen) atoms. The highest BCUT2D eigenvalue weighted by Gasteiger charge is 2.02. The van der Waals surface area contributed by atoms with Crippen molar-refractivity contribution in [1.29, 1.82) is 0 Å². The van der Waals surface area contributed by atoms with E-state index in [2.05, 4.69) is 6.92 Å². The first-order chi connectivity index (χ1) is 10.8. The summed E-state index contributed by atoms with van der Waals surface area (Å²) in [5.74, 6) is 0. The minimum atomic E-state index is 0.448. The molecule has 134 valence electrons. The maximum atomic E-state index is 6.20. The first-order valence-corrected chi connectivity index (χ1v) is 10.3. The lowest BCUT2D eigenvalue weighted by Crippen LogP contribution is -2.19. The topological polar surface area (TPSA) is 52.0 Å². The van der Waals surface area contributed by atoms with E-state index in [4.69, 9.17) is 11.5 Å². The zero-order valence-corrected chi connectivity index (χ0v) is 15.5. The number of hydrogen-bond donors (Lipinski definition) is 2. The fourth-order valence-corrected chi connectivity index (χ4v) is 3.12. The van der Waals surface area contributed by atoms with Gasteiger partial charge in [-0.05, 0) is 25.8 Å². The summed E-state index contributed by atoms with van der Waals surface area (Å²) in [6.07, 6.45) is 23.1. The minimum Gasteiger partial charge on any atom is -0.330 e. The fraction of sp³-hybridized carbons (Fsp3) is 1.00. The van der Waals surface area contributed by atoms with Crippen LogP contribution in [0.25, 0.3) is 0 Å². The molecule has 0 saturated carbocycles. The van der Waals surface area contributed by atoms with E-state index in [0.29, 0.717) is 6.04 Å². The van der Waals surface area contributed by atoms with Crippen LogP contribution >= 0.6 is 0 Å². The maximum absolute atomic E-state index is 6.20. The van der Waals surface area contributed by atoms with Crippen LogP contribution in [0.1, 0.15) is 116 Å². The van der Waals surface area contributed by atoms with E-state index >= 15 is 0 Å². The maximum Gasteiger partial charge on any atom is 0.00388 e. The van der Waals surface area contributed by atoms with Crippen LogP contribution in [-0.4, -0.2) is 12.6 Å². The Bertz CT molecular complexity index is 194. The van der Waals surface area contributed by atoms with Crippen molar-refractivity contribution in [2.75, 3.05) is 6.54 Å². The molecule has 0 heterocycles. The van der Waals surface area contributed by atoms with Crippen LogP contribution in [0.2, 0.25) is 0 Å². The smallest absolute Gasteiger partial charge is 0.00388 e. The molecule has 0 spiro atoms. The van der Waals surface area contributed by atoms with Gasteiger partial charge in [0.1, 0.15) is 0 Å². The molecule has 4 N–H and O–H groups in total. The molecule has 0 fully saturated rings. The lowest BCUT2D eigenvalue weighted by Gasteiger charge is -2.11. The molecule has 0 aliphatic heterocycles. The molecular formula is C20H44N2. The van der Waals surface area contributed by atoms with Crippen molar-refractivity contribution in [3.8, 4) is 0 Å². The Hall–Kier alpha value is -0.0800. The number of hydrogen-bond acceptors (Lipinski definition) is 2. The molecule has 0 aromatic rings. The Kier molecular flexibility index (Phi) is 18.9. The van der Waals surface area contributed by atoms with Gasteiger partial charge in [-0.25, -0.2) is 0 Å². The summed E-state index contributed by atoms with van der Waals surface area (Å²) in [6.45, 7) is 3.13. The summed E-state index contributed by atoms with van der Waals surface area (Å²) in [5, 5.41) is 0. The normalized spacial score (nSPS) is 12.7. The number of unbranched alkanes of at least 4 members (excludes halogenated alkanes) is 13. The summed E-state index contributed by atoms with van der Waals surface area (Å²) in [5.41, 5.74) is 11.7. The van der Waals surface area contributed by atoms with E-state index in [9.17, 15) is 0 Å². The van der Waals surface area contributed by atoms with Crippen LogP contribution in [-0.2, 0) is 0 Å². The molecule has 0 aromatic carbocycles. The van der Waals surface area contributed by atoms with Crippen molar-refractivity contribution >= 4 is 0 Å². The third kappa shape index (κ3) is 18.0. The molecule has 1 atom stereocenters. The van der Waals surface area contributed by atoms with Crippen LogP contribution in [0.5, 0.6) is 0 Å². The van der Waals surface area contributed by atoms with Crippen LogP contribution in [0.15, 0.2) is 0 Å². The molecule has 2 heteroatoms. The van der Waals surface area contributed by atoms with Crippen LogP contribution in [0.3, 0.4) is 0 Å². The van der Waals surface area contributed by atoms with Gasteiger partial charge < -0.3 is 11.5 Å². The van der Waals surface area contributed by atoms with E-state index in [1.807, 2.05) is 0 Å². The van der Waals surface area contributed by atoms with Gasteiger partial charge in [-0.2, -0.15) is 0 Å². The minimum absolute atomic E-state index is 0.448. The first-order valence-electron chi connectivity index (χ1n) is 10.3. The molecule has 0 rings (SSSR count). The fourth-order valence-electron chi connectivity index (χ4n) is 3.12. The average Bonchev–Trinajstić information content (AvgIpc) is 2.52. The van der Waals surface area contributed by atoms with Crippen LogP contribution < -0.4 is 11.5 Å². The van der Waals surface area contributed by atoms with E-state index in [0.717, 1.165) is 6.54 Å². The Labute approximate surface area is 140 Å². The second-order valence-electron chi connectivity index (χ2n) is 7.08. The van der Waals surface area contributed by atoms with Gasteiger partial charge in [-0.1, -0.05) is 96.8 Å². The van der Waals surface area contributed by atoms with Gasteiger partial charge in [0.25, 0.3) is 0 Å². The predicted molar refractivity (Wildman–Crippen MR) is 101 cm³/mol. The molecule has 0 amide bonds. The highest BCUT2D eigenvalue weighted by molar-refractivity contribution is 4.62. The Balaban J connectivity index is 3.10. The second-order valence-corrected chi connectivity index (χ2v) is 7.08. The summed E-state index contributed by atoms with van der Waals surface area (Å²) in [6, 6.07) is 0.448. The van der Waals surface area contributed by atoms with Gasteiger partial charge >= 0.3 is 0 Å². The number of nitrogens with two attached hydrogens (primary N) is 2. The van der Waals surface area contributed by atoms with E-state index in [-0.39, 0.29) is 0 Å². The average molecular weight is 313 g/mol. The van der Waals surface area contributed by atoms with E-state index < -0.39 is 0 Å². The van der Waals surface area contributed by atoms with E-state index in [1.54, 1.807) is 0 Å². The summed E-state index contributed by atoms with van der Waals surface area (Å²) < 4.78 is 0. The van der Waals surface area contributed by atoms with Crippen molar-refractivity contribution in [2.45, 2.75) is 122 Å². The summed E-state index contributed by atoms with van der Waals surface area (Å²) >= 11 is 0. The van der Waals surface area contributed by atoms with Crippen molar-refractivity contribution in [3.05, 3.63) is 0 Å². The zero-order chi connectivity index (χ0) is 16.3. The molecule has 0 radical (unpaired) electrons. The van der Waals surface area contributed by atoms with Gasteiger partial charge in [-0.15, -0.1) is 0 Å². The Morgan fingerprint density at radius 1 is 0.545 bits per heavy atom. The molecular weight excluding hydrogens is 268 g/mol. The lowest BCUT2D eigenvalue weighted by atomic mass is 10.0. The highest BCUT2D eigenvalue weighted by Crippen LogP contribution is 2.13. The second kappa shape index (κ2) is 19.0. The van der Waals surface area contributed by atoms with Crippen molar-refractivity contribution in [2.24, 2.45) is 11.5 Å². The van der Waals surface area contributed by atoms with Gasteiger partial charge in [0, 0.05) is 6.04 Å². The molecule has 0 aliphatic rings. The van der Waals surface area contributed by atoms with Gasteiger partial charge in [0.05, 0.1) is 0 Å². The first kappa shape index (κ1) is 21.9. The standard InChI is InChI=1S/C20H44N2/c1-2-3-4-5-6-7-8-9-11-14-17-20(22)18-15-12-10-13-16-19-21/h20H,2-19,21-22H2,1H3. The van der Waals surface area contributed by atoms with Gasteiger partial charge in [-0.3, -0.25) is 0 Å². The molecule has 0 saturated heterocycles. The third-order valence-electron chi connectivity index (χ3n) is 4.71. The molecule has 0 aliphatic carbocycles. The molecule has 0 bridgehead atoms. The van der Waals surface area contributed by atoms with Gasteiger partial charge in [0.2, 0.25) is 0 Å². The third-order valence-corrected chi connectivity index (χ3v) is 4.71. The highest BCUT2D eigenvalue weighted by atomic mass is 14.6. The molecule has 2 nitrogen and oxygen atoms in total. The SMILES string of the molecule is CCCCCCCCCCCCC(N)CCCCCCCN. The van der Waals surface area contributed by atoms with Crippen molar-refractivity contribution in [1.82, 2.24) is 0 Å². The summed E-state index contributed by atoms with van der Waals surface area (Å²) in [7, 11) is 0. The predicted octanol–water partition coefficient (Wildman–Crippen LogP) is 5.92. The lowest BCUT2D eigenvalue weighted by molar-refractivity contribution is 0.482. The molecule has 1 unspecified atom stereocenters. The van der Waals surface area contributed by atoms with Crippen LogP contribution in [0, 0.1) is 0 Å². The monoisotopic (exact) mass is 312 g/mol.